The predicted molar refractivity (Wildman–Crippen MR) is 93.9 cm³/mol. The highest BCUT2D eigenvalue weighted by Crippen LogP contribution is 2.02. The second-order valence-corrected chi connectivity index (χ2v) is 7.73. The summed E-state index contributed by atoms with van der Waals surface area (Å²) in [5.74, 6) is 0. The zero-order valence-corrected chi connectivity index (χ0v) is 18.0. The molecule has 0 aromatic carbocycles. The van der Waals surface area contributed by atoms with E-state index in [9.17, 15) is 4.79 Å². The number of carbonyl (C=O) groups is 1. The van der Waals surface area contributed by atoms with Gasteiger partial charge in [-0.05, 0) is 0 Å². The van der Waals surface area contributed by atoms with Crippen LogP contribution in [0.25, 0.3) is 0 Å². The molecule has 0 spiro atoms. The number of aliphatic hydroxyl groups is 5. The van der Waals surface area contributed by atoms with Crippen LogP contribution >= 0.6 is 0 Å². The van der Waals surface area contributed by atoms with Gasteiger partial charge in [0.05, 0.1) is 6.61 Å². The van der Waals surface area contributed by atoms with Gasteiger partial charge in [-0.3, -0.25) is 36.4 Å². The Kier molecular flexibility index (Phi) is 23.7. The largest absolute Gasteiger partial charge is 0.394 e. The van der Waals surface area contributed by atoms with Crippen molar-refractivity contribution in [2.24, 2.45) is 0 Å². The van der Waals surface area contributed by atoms with Crippen molar-refractivity contribution in [3.63, 3.8) is 0 Å². The van der Waals surface area contributed by atoms with E-state index in [-0.39, 0.29) is 6.29 Å². The minimum Gasteiger partial charge on any atom is -0.394 e. The second-order valence-electron chi connectivity index (χ2n) is 4.15. The lowest BCUT2D eigenvalue weighted by atomic mass is 10.0. The number of aldehydes is 1. The van der Waals surface area contributed by atoms with Crippen molar-refractivity contribution in [1.82, 2.24) is 0 Å². The van der Waals surface area contributed by atoms with Gasteiger partial charge in [-0.1, -0.05) is 0 Å². The summed E-state index contributed by atoms with van der Waals surface area (Å²) in [5, 5.41) is 43.5. The van der Waals surface area contributed by atoms with E-state index in [0.717, 1.165) is 0 Å². The van der Waals surface area contributed by atoms with E-state index in [2.05, 4.69) is 0 Å². The van der Waals surface area contributed by atoms with Crippen molar-refractivity contribution in [2.75, 3.05) is 6.61 Å². The first-order chi connectivity index (χ1) is 13.5. The molecule has 0 unspecified atom stereocenters. The van der Waals surface area contributed by atoms with E-state index in [1.165, 1.54) is 0 Å². The summed E-state index contributed by atoms with van der Waals surface area (Å²) in [6, 6.07) is 0. The lowest BCUT2D eigenvalue weighted by Gasteiger charge is -2.22. The van der Waals surface area contributed by atoms with E-state index in [4.69, 9.17) is 95.6 Å². The number of carbonyl (C=O) groups excluding carboxylic acids is 1. The van der Waals surface area contributed by atoms with Gasteiger partial charge in [0.2, 0.25) is 0 Å². The van der Waals surface area contributed by atoms with Crippen molar-refractivity contribution in [2.45, 2.75) is 24.4 Å². The Hall–Kier alpha value is -1.05. The van der Waals surface area contributed by atoms with E-state index in [0.29, 0.717) is 0 Å². The summed E-state index contributed by atoms with van der Waals surface area (Å²) in [7, 11) is -18.7. The first-order valence-corrected chi connectivity index (χ1v) is 11.7. The predicted octanol–water partition coefficient (Wildman–Crippen LogP) is -5.99. The fourth-order valence-corrected chi connectivity index (χ4v) is 0.618. The Morgan fingerprint density at radius 3 is 0.844 bits per heavy atom. The quantitative estimate of drug-likeness (QED) is 0.108. The highest BCUT2D eigenvalue weighted by molar-refractivity contribution is 7.80. The van der Waals surface area contributed by atoms with Gasteiger partial charge in [0.15, 0.2) is 6.29 Å². The number of hydrogen-bond donors (Lipinski definition) is 13. The van der Waals surface area contributed by atoms with Gasteiger partial charge in [0.1, 0.15) is 24.4 Å². The maximum atomic E-state index is 9.90. The molecule has 0 bridgehead atoms. The van der Waals surface area contributed by atoms with Crippen LogP contribution in [0.15, 0.2) is 0 Å². The summed E-state index contributed by atoms with van der Waals surface area (Å²) < 4.78 is 126. The molecule has 0 aliphatic rings. The smallest absolute Gasteiger partial charge is 0.394 e. The molecule has 0 rings (SSSR count). The van der Waals surface area contributed by atoms with Crippen LogP contribution in [0, 0.1) is 0 Å². The third-order valence-electron chi connectivity index (χ3n) is 1.42. The molecular weight excluding hydrogens is 552 g/mol. The van der Waals surface area contributed by atoms with Crippen LogP contribution in [-0.2, 0) is 46.4 Å². The molecule has 0 aliphatic carbocycles. The van der Waals surface area contributed by atoms with Gasteiger partial charge >= 0.3 is 41.6 Å². The monoisotopic (exact) mass is 572 g/mol. The number of aliphatic hydroxyl groups excluding tert-OH is 5. The molecule has 0 radical (unpaired) electrons. The van der Waals surface area contributed by atoms with Crippen LogP contribution < -0.4 is 0 Å². The average molecular weight is 572 g/mol. The molecule has 26 heteroatoms. The van der Waals surface area contributed by atoms with Crippen LogP contribution in [0.3, 0.4) is 0 Å². The minimum absolute atomic E-state index is 0.0258. The minimum atomic E-state index is -4.67. The molecule has 0 aliphatic heterocycles. The highest BCUT2D eigenvalue weighted by Gasteiger charge is 2.29. The average Bonchev–Trinajstić information content (AvgIpc) is 2.45. The molecule has 0 fully saturated rings. The van der Waals surface area contributed by atoms with E-state index in [1.54, 1.807) is 0 Å². The molecule has 0 amide bonds. The standard InChI is InChI=1S/C6H12O6.4H2O4S/c7-1-3(9)5(11)6(12)4(10)2-8;4*1-5(2,3)4/h1,3-6,8-12H,2H2;4*(H2,1,2,3,4)/t3-,4+,5+,6+;;;;/m0..../s1. The molecule has 13 N–H and O–H groups in total. The second kappa shape index (κ2) is 18.4. The van der Waals surface area contributed by atoms with Crippen molar-refractivity contribution in [1.29, 1.82) is 0 Å². The normalized spacial score (nSPS) is 15.2. The molecule has 0 heterocycles. The molecule has 0 aromatic heterocycles. The van der Waals surface area contributed by atoms with Gasteiger partial charge in [0, 0.05) is 0 Å². The van der Waals surface area contributed by atoms with Crippen molar-refractivity contribution < 1.29 is 100 Å². The fraction of sp³-hybridized carbons (Fsp3) is 0.833. The Morgan fingerprint density at radius 1 is 0.531 bits per heavy atom. The van der Waals surface area contributed by atoms with Gasteiger partial charge in [0.25, 0.3) is 0 Å². The van der Waals surface area contributed by atoms with Gasteiger partial charge in [-0.2, -0.15) is 33.7 Å². The molecular formula is C6H20O22S4. The van der Waals surface area contributed by atoms with E-state index in [1.807, 2.05) is 0 Å². The molecule has 0 saturated carbocycles. The molecule has 200 valence electrons. The van der Waals surface area contributed by atoms with Crippen LogP contribution in [0.1, 0.15) is 0 Å². The summed E-state index contributed by atoms with van der Waals surface area (Å²) >= 11 is 0. The third-order valence-corrected chi connectivity index (χ3v) is 1.42. The van der Waals surface area contributed by atoms with Gasteiger partial charge in [-0.15, -0.1) is 0 Å². The van der Waals surface area contributed by atoms with E-state index < -0.39 is 72.6 Å². The lowest BCUT2D eigenvalue weighted by molar-refractivity contribution is -0.136. The maximum Gasteiger partial charge on any atom is 0.394 e. The SMILES string of the molecule is O=C[C@H](O)[C@@H](O)[C@H](O)[C@H](O)CO.O=S(=O)(O)O.O=S(=O)(O)O.O=S(=O)(O)O.O=S(=O)(O)O. The first kappa shape index (κ1) is 41.2. The molecule has 22 nitrogen and oxygen atoms in total. The summed E-state index contributed by atoms with van der Waals surface area (Å²) in [5.41, 5.74) is 0. The Bertz CT molecular complexity index is 730. The Balaban J connectivity index is -0.000000103. The molecule has 4 atom stereocenters. The van der Waals surface area contributed by atoms with Crippen LogP contribution in [0.5, 0.6) is 0 Å². The van der Waals surface area contributed by atoms with Crippen molar-refractivity contribution in [3.8, 4) is 0 Å². The lowest BCUT2D eigenvalue weighted by Crippen LogP contribution is -2.46. The molecule has 32 heavy (non-hydrogen) atoms. The molecule has 0 aromatic rings. The number of rotatable bonds is 5. The van der Waals surface area contributed by atoms with Crippen molar-refractivity contribution in [3.05, 3.63) is 0 Å². The Labute approximate surface area is 179 Å². The fourth-order valence-electron chi connectivity index (χ4n) is 0.618. The first-order valence-electron chi connectivity index (χ1n) is 6.12. The third kappa shape index (κ3) is 101. The van der Waals surface area contributed by atoms with Crippen LogP contribution in [0.4, 0.5) is 0 Å². The van der Waals surface area contributed by atoms with Gasteiger partial charge in [-0.25, -0.2) is 0 Å². The molecule has 0 saturated heterocycles. The Morgan fingerprint density at radius 2 is 0.719 bits per heavy atom. The number of hydrogen-bond acceptors (Lipinski definition) is 14. The van der Waals surface area contributed by atoms with Crippen LogP contribution in [-0.4, -0.2) is 133 Å². The van der Waals surface area contributed by atoms with Gasteiger partial charge < -0.3 is 30.3 Å². The highest BCUT2D eigenvalue weighted by atomic mass is 32.3. The topological polar surface area (TPSA) is 417 Å². The zero-order valence-electron chi connectivity index (χ0n) is 14.7. The van der Waals surface area contributed by atoms with Crippen LogP contribution in [0.2, 0.25) is 0 Å². The maximum absolute atomic E-state index is 9.90. The van der Waals surface area contributed by atoms with E-state index >= 15 is 0 Å². The zero-order chi connectivity index (χ0) is 27.7. The summed E-state index contributed by atoms with van der Waals surface area (Å²) in [6.07, 6.45) is -6.84. The summed E-state index contributed by atoms with van der Waals surface area (Å²) in [4.78, 5) is 9.90. The summed E-state index contributed by atoms with van der Waals surface area (Å²) in [6.45, 7) is -0.760. The van der Waals surface area contributed by atoms with Crippen molar-refractivity contribution >= 4 is 47.9 Å².